The van der Waals surface area contributed by atoms with Gasteiger partial charge in [0, 0.05) is 12.6 Å². The zero-order valence-corrected chi connectivity index (χ0v) is 16.9. The van der Waals surface area contributed by atoms with Gasteiger partial charge in [-0.1, -0.05) is 6.07 Å². The number of rotatable bonds is 9. The predicted octanol–water partition coefficient (Wildman–Crippen LogP) is 4.64. The second kappa shape index (κ2) is 9.65. The van der Waals surface area contributed by atoms with Gasteiger partial charge in [0.05, 0.1) is 32.2 Å². The Morgan fingerprint density at radius 1 is 1.26 bits per heavy atom. The summed E-state index contributed by atoms with van der Waals surface area (Å²) in [6.45, 7) is 5.72. The number of hydrogen-bond acceptors (Lipinski definition) is 7. The van der Waals surface area contributed by atoms with Gasteiger partial charge in [0.25, 0.3) is 0 Å². The number of phenols is 1. The first kappa shape index (κ1) is 21.1. The van der Waals surface area contributed by atoms with Crippen LogP contribution in [0.3, 0.4) is 0 Å². The molecule has 8 heteroatoms. The fourth-order valence-electron chi connectivity index (χ4n) is 2.55. The van der Waals surface area contributed by atoms with Crippen LogP contribution < -0.4 is 4.74 Å². The van der Waals surface area contributed by atoms with Crippen LogP contribution in [0.15, 0.2) is 41.7 Å². The molecule has 0 saturated heterocycles. The Morgan fingerprint density at radius 2 is 1.96 bits per heavy atom. The van der Waals surface area contributed by atoms with Gasteiger partial charge in [-0.05, 0) is 50.1 Å². The summed E-state index contributed by atoms with van der Waals surface area (Å²) in [5.41, 5.74) is 2.23. The first-order valence-electron chi connectivity index (χ1n) is 8.67. The fraction of sp³-hybridized carbons (Fsp3) is 0.368. The molecule has 0 saturated carbocycles. The number of ether oxygens (including phenoxy) is 1. The number of aryl methyl sites for hydroxylation is 1. The lowest BCUT2D eigenvalue weighted by Gasteiger charge is -2.20. The van der Waals surface area contributed by atoms with Crippen LogP contribution in [0.2, 0.25) is 0 Å². The minimum absolute atomic E-state index is 0.0739. The number of hydrogen-bond donors (Lipinski definition) is 1. The van der Waals surface area contributed by atoms with Crippen LogP contribution in [0.1, 0.15) is 25.0 Å². The van der Waals surface area contributed by atoms with Gasteiger partial charge in [0.15, 0.2) is 11.5 Å². The van der Waals surface area contributed by atoms with Gasteiger partial charge in [-0.25, -0.2) is 4.99 Å². The van der Waals surface area contributed by atoms with Crippen LogP contribution in [0.5, 0.6) is 11.5 Å². The maximum Gasteiger partial charge on any atom is 0.375 e. The molecule has 0 aliphatic heterocycles. The summed E-state index contributed by atoms with van der Waals surface area (Å²) >= 11 is 0. The van der Waals surface area contributed by atoms with Crippen molar-refractivity contribution in [3.63, 3.8) is 0 Å². The monoisotopic (exact) mass is 392 g/mol. The van der Waals surface area contributed by atoms with Crippen molar-refractivity contribution in [2.45, 2.75) is 27.2 Å². The lowest BCUT2D eigenvalue weighted by molar-refractivity contribution is 0.232. The Bertz CT molecular complexity index is 829. The number of benzene rings is 1. The summed E-state index contributed by atoms with van der Waals surface area (Å²) in [5.74, 6) is 0.415. The van der Waals surface area contributed by atoms with Crippen LogP contribution in [0, 0.1) is 6.92 Å². The van der Waals surface area contributed by atoms with E-state index in [1.807, 2.05) is 0 Å². The van der Waals surface area contributed by atoms with E-state index in [-0.39, 0.29) is 30.8 Å². The third kappa shape index (κ3) is 5.39. The first-order valence-corrected chi connectivity index (χ1v) is 10.2. The van der Waals surface area contributed by atoms with Crippen molar-refractivity contribution in [2.24, 2.45) is 4.99 Å². The molecule has 0 radical (unpaired) electrons. The van der Waals surface area contributed by atoms with E-state index in [0.29, 0.717) is 17.0 Å². The number of pyridine rings is 1. The third-order valence-corrected chi connectivity index (χ3v) is 5.81. The summed E-state index contributed by atoms with van der Waals surface area (Å²) in [6, 6.07) is 6.98. The molecule has 0 atom stereocenters. The van der Waals surface area contributed by atoms with Crippen LogP contribution in [-0.4, -0.2) is 35.9 Å². The summed E-state index contributed by atoms with van der Waals surface area (Å²) in [6.07, 6.45) is 3.42. The van der Waals surface area contributed by atoms with E-state index in [9.17, 15) is 9.67 Å². The first-order chi connectivity index (χ1) is 12.9. The Balaban J connectivity index is 2.52. The Kier molecular flexibility index (Phi) is 7.54. The molecule has 2 aromatic rings. The summed E-state index contributed by atoms with van der Waals surface area (Å²) < 4.78 is 29.5. The molecule has 0 fully saturated rings. The average molecular weight is 392 g/mol. The number of methoxy groups -OCH3 is 1. The maximum absolute atomic E-state index is 13.4. The smallest absolute Gasteiger partial charge is 0.375 e. The van der Waals surface area contributed by atoms with Gasteiger partial charge in [-0.2, -0.15) is 0 Å². The molecule has 1 aromatic heterocycles. The molecule has 27 heavy (non-hydrogen) atoms. The standard InChI is InChI=1S/C19H25N2O5P/c1-5-25-27(23,26-6-2)18(21-16-8-7-9-20-13-16)12-15-10-14(3)19(22)17(11-15)24-4/h7-11,13,22H,5-6,12H2,1-4H3. The van der Waals surface area contributed by atoms with E-state index in [2.05, 4.69) is 9.98 Å². The van der Waals surface area contributed by atoms with Crippen molar-refractivity contribution in [1.29, 1.82) is 0 Å². The maximum atomic E-state index is 13.4. The highest BCUT2D eigenvalue weighted by atomic mass is 31.2. The molecule has 1 N–H and O–H groups in total. The molecule has 1 heterocycles. The van der Waals surface area contributed by atoms with Crippen LogP contribution >= 0.6 is 7.60 Å². The molecule has 2 rings (SSSR count). The molecule has 7 nitrogen and oxygen atoms in total. The van der Waals surface area contributed by atoms with E-state index in [1.165, 1.54) is 7.11 Å². The van der Waals surface area contributed by atoms with Crippen molar-refractivity contribution in [1.82, 2.24) is 4.98 Å². The zero-order valence-electron chi connectivity index (χ0n) is 16.0. The van der Waals surface area contributed by atoms with E-state index >= 15 is 0 Å². The van der Waals surface area contributed by atoms with Crippen molar-refractivity contribution in [3.8, 4) is 11.5 Å². The molecule has 0 aliphatic carbocycles. The molecule has 146 valence electrons. The van der Waals surface area contributed by atoms with Gasteiger partial charge in [0.2, 0.25) is 0 Å². The highest BCUT2D eigenvalue weighted by molar-refractivity contribution is 7.72. The molecule has 0 unspecified atom stereocenters. The normalized spacial score (nSPS) is 12.2. The largest absolute Gasteiger partial charge is 0.504 e. The second-order valence-corrected chi connectivity index (χ2v) is 7.74. The number of aromatic nitrogens is 1. The lowest BCUT2D eigenvalue weighted by Crippen LogP contribution is -2.10. The number of nitrogens with zero attached hydrogens (tertiary/aromatic N) is 2. The molecule has 0 bridgehead atoms. The molecule has 0 amide bonds. The zero-order chi connectivity index (χ0) is 19.9. The van der Waals surface area contributed by atoms with Gasteiger partial charge in [0.1, 0.15) is 5.45 Å². The Hall–Kier alpha value is -2.21. The van der Waals surface area contributed by atoms with Crippen molar-refractivity contribution in [2.75, 3.05) is 20.3 Å². The second-order valence-electron chi connectivity index (χ2n) is 5.71. The number of phenolic OH excluding ortho intramolecular Hbond substituents is 1. The van der Waals surface area contributed by atoms with E-state index in [1.54, 1.807) is 57.4 Å². The van der Waals surface area contributed by atoms with Gasteiger partial charge >= 0.3 is 7.60 Å². The highest BCUT2D eigenvalue weighted by Crippen LogP contribution is 2.51. The highest BCUT2D eigenvalue weighted by Gasteiger charge is 2.32. The third-order valence-electron chi connectivity index (χ3n) is 3.73. The van der Waals surface area contributed by atoms with Gasteiger partial charge in [-0.3, -0.25) is 9.55 Å². The minimum Gasteiger partial charge on any atom is -0.504 e. The fourth-order valence-corrected chi connectivity index (χ4v) is 4.22. The quantitative estimate of drug-likeness (QED) is 0.494. The summed E-state index contributed by atoms with van der Waals surface area (Å²) in [5, 5.41) is 10.1. The van der Waals surface area contributed by atoms with E-state index in [4.69, 9.17) is 13.8 Å². The van der Waals surface area contributed by atoms with Crippen LogP contribution in [0.4, 0.5) is 5.69 Å². The van der Waals surface area contributed by atoms with Crippen LogP contribution in [-0.2, 0) is 20.0 Å². The topological polar surface area (TPSA) is 90.2 Å². The van der Waals surface area contributed by atoms with E-state index < -0.39 is 7.60 Å². The molecular weight excluding hydrogens is 367 g/mol. The summed E-state index contributed by atoms with van der Waals surface area (Å²) in [4.78, 5) is 8.55. The number of aromatic hydroxyl groups is 1. The van der Waals surface area contributed by atoms with Crippen molar-refractivity contribution >= 4 is 18.7 Å². The average Bonchev–Trinajstić information content (AvgIpc) is 2.65. The summed E-state index contributed by atoms with van der Waals surface area (Å²) in [7, 11) is -2.11. The lowest BCUT2D eigenvalue weighted by atomic mass is 10.1. The Morgan fingerprint density at radius 3 is 2.52 bits per heavy atom. The SMILES string of the molecule is CCOP(=O)(OCC)C(Cc1cc(C)c(O)c(OC)c1)=Nc1cccnc1. The van der Waals surface area contributed by atoms with E-state index in [0.717, 1.165) is 5.56 Å². The number of aliphatic imine (C=N–C) groups is 1. The van der Waals surface area contributed by atoms with Gasteiger partial charge in [-0.15, -0.1) is 0 Å². The van der Waals surface area contributed by atoms with Gasteiger partial charge < -0.3 is 18.9 Å². The van der Waals surface area contributed by atoms with Crippen LogP contribution in [0.25, 0.3) is 0 Å². The molecule has 0 aliphatic rings. The molecule has 0 spiro atoms. The van der Waals surface area contributed by atoms with Crippen molar-refractivity contribution < 1.29 is 23.5 Å². The molecular formula is C19H25N2O5P. The Labute approximate surface area is 159 Å². The molecule has 1 aromatic carbocycles. The van der Waals surface area contributed by atoms with Crippen molar-refractivity contribution in [3.05, 3.63) is 47.8 Å². The minimum atomic E-state index is -3.59. The predicted molar refractivity (Wildman–Crippen MR) is 105 cm³/mol.